The number of ether oxygens (including phenoxy) is 1. The number of carbonyl (C=O) groups is 1. The normalized spacial score (nSPS) is 15.3. The van der Waals surface area contributed by atoms with Gasteiger partial charge in [-0.1, -0.05) is 11.6 Å². The van der Waals surface area contributed by atoms with Gasteiger partial charge in [-0.3, -0.25) is 4.39 Å². The maximum absolute atomic E-state index is 11.9. The van der Waals surface area contributed by atoms with Crippen molar-refractivity contribution in [3.63, 3.8) is 0 Å². The molecule has 20 heavy (non-hydrogen) atoms. The number of alkyl halides is 1. The molecule has 0 aliphatic carbocycles. The molecular formula is C13H17ClFN3O2. The lowest BCUT2D eigenvalue weighted by Crippen LogP contribution is -2.49. The Morgan fingerprint density at radius 2 is 2.15 bits per heavy atom. The van der Waals surface area contributed by atoms with Crippen LogP contribution in [0.5, 0.6) is 0 Å². The van der Waals surface area contributed by atoms with Gasteiger partial charge in [0.25, 0.3) is 0 Å². The number of hydrogen-bond acceptors (Lipinski definition) is 4. The van der Waals surface area contributed by atoms with Crippen LogP contribution >= 0.6 is 11.6 Å². The second kappa shape index (κ2) is 7.28. The van der Waals surface area contributed by atoms with E-state index in [9.17, 15) is 9.18 Å². The van der Waals surface area contributed by atoms with Gasteiger partial charge >= 0.3 is 6.09 Å². The minimum absolute atomic E-state index is 0.130. The van der Waals surface area contributed by atoms with E-state index in [0.29, 0.717) is 31.2 Å². The van der Waals surface area contributed by atoms with E-state index >= 15 is 0 Å². The summed E-state index contributed by atoms with van der Waals surface area (Å²) in [5.41, 5.74) is 0. The number of hydrogen-bond donors (Lipinski definition) is 0. The van der Waals surface area contributed by atoms with E-state index in [4.69, 9.17) is 16.3 Å². The fourth-order valence-electron chi connectivity index (χ4n) is 1.99. The molecule has 0 saturated carbocycles. The van der Waals surface area contributed by atoms with Crippen molar-refractivity contribution in [2.75, 3.05) is 44.4 Å². The van der Waals surface area contributed by atoms with Crippen LogP contribution < -0.4 is 4.90 Å². The van der Waals surface area contributed by atoms with E-state index in [1.165, 1.54) is 0 Å². The number of aromatic nitrogens is 1. The molecule has 7 heteroatoms. The molecule has 110 valence electrons. The predicted molar refractivity (Wildman–Crippen MR) is 75.0 cm³/mol. The quantitative estimate of drug-likeness (QED) is 0.801. The fourth-order valence-corrected chi connectivity index (χ4v) is 2.14. The largest absolute Gasteiger partial charge is 0.449 e. The molecule has 1 amide bonds. The monoisotopic (exact) mass is 301 g/mol. The third-order valence-electron chi connectivity index (χ3n) is 3.07. The van der Waals surface area contributed by atoms with Crippen LogP contribution in [0.3, 0.4) is 0 Å². The highest BCUT2D eigenvalue weighted by Crippen LogP contribution is 2.18. The first-order valence-electron chi connectivity index (χ1n) is 6.55. The van der Waals surface area contributed by atoms with Crippen LogP contribution in [0, 0.1) is 0 Å². The highest BCUT2D eigenvalue weighted by molar-refractivity contribution is 6.30. The van der Waals surface area contributed by atoms with Gasteiger partial charge in [0.1, 0.15) is 5.82 Å². The highest BCUT2D eigenvalue weighted by Gasteiger charge is 2.22. The van der Waals surface area contributed by atoms with Gasteiger partial charge in [-0.25, -0.2) is 9.78 Å². The first-order chi connectivity index (χ1) is 9.70. The molecule has 0 radical (unpaired) electrons. The topological polar surface area (TPSA) is 45.7 Å². The number of halogens is 2. The summed E-state index contributed by atoms with van der Waals surface area (Å²) >= 11 is 5.93. The van der Waals surface area contributed by atoms with E-state index < -0.39 is 6.67 Å². The van der Waals surface area contributed by atoms with Crippen molar-refractivity contribution < 1.29 is 13.9 Å². The first-order valence-corrected chi connectivity index (χ1v) is 6.92. The van der Waals surface area contributed by atoms with Crippen LogP contribution in [0.4, 0.5) is 15.0 Å². The van der Waals surface area contributed by atoms with Gasteiger partial charge in [0.05, 0.1) is 13.3 Å². The van der Waals surface area contributed by atoms with E-state index in [0.717, 1.165) is 5.82 Å². The van der Waals surface area contributed by atoms with Crippen LogP contribution in [-0.2, 0) is 4.74 Å². The zero-order chi connectivity index (χ0) is 14.4. The van der Waals surface area contributed by atoms with Crippen LogP contribution in [0.1, 0.15) is 6.42 Å². The summed E-state index contributed by atoms with van der Waals surface area (Å²) in [6, 6.07) is 3.53. The Morgan fingerprint density at radius 1 is 1.40 bits per heavy atom. The molecule has 0 bridgehead atoms. The number of nitrogens with zero attached hydrogens (tertiary/aromatic N) is 3. The molecule has 0 aromatic carbocycles. The van der Waals surface area contributed by atoms with Gasteiger partial charge in [-0.05, 0) is 12.1 Å². The fraction of sp³-hybridized carbons (Fsp3) is 0.538. The van der Waals surface area contributed by atoms with Crippen molar-refractivity contribution >= 4 is 23.5 Å². The zero-order valence-electron chi connectivity index (χ0n) is 11.1. The maximum Gasteiger partial charge on any atom is 0.409 e. The van der Waals surface area contributed by atoms with Gasteiger partial charge in [0.2, 0.25) is 0 Å². The molecule has 5 nitrogen and oxygen atoms in total. The molecule has 0 N–H and O–H groups in total. The van der Waals surface area contributed by atoms with Crippen LogP contribution in [0.2, 0.25) is 5.02 Å². The van der Waals surface area contributed by atoms with E-state index in [1.54, 1.807) is 23.2 Å². The van der Waals surface area contributed by atoms with Crippen molar-refractivity contribution in [2.45, 2.75) is 6.42 Å². The Bertz CT molecular complexity index is 453. The Labute approximate surface area is 122 Å². The molecule has 1 aliphatic heterocycles. The summed E-state index contributed by atoms with van der Waals surface area (Å²) in [6.45, 7) is 2.12. The van der Waals surface area contributed by atoms with Gasteiger partial charge in [-0.15, -0.1) is 0 Å². The number of anilines is 1. The SMILES string of the molecule is O=C(OCCCF)N1CCN(c2cc(Cl)ccn2)CC1. The molecule has 0 spiro atoms. The predicted octanol–water partition coefficient (Wildman–Crippen LogP) is 2.35. The average Bonchev–Trinajstić information content (AvgIpc) is 2.47. The van der Waals surface area contributed by atoms with E-state index in [-0.39, 0.29) is 19.1 Å². The highest BCUT2D eigenvalue weighted by atomic mass is 35.5. The molecular weight excluding hydrogens is 285 g/mol. The standard InChI is InChI=1S/C13H17ClFN3O2/c14-11-2-4-16-12(10-11)17-5-7-18(8-6-17)13(19)20-9-1-3-15/h2,4,10H,1,3,5-9H2. The van der Waals surface area contributed by atoms with Crippen molar-refractivity contribution in [2.24, 2.45) is 0 Å². The average molecular weight is 302 g/mol. The molecule has 1 fully saturated rings. The lowest BCUT2D eigenvalue weighted by molar-refractivity contribution is 0.0973. The third kappa shape index (κ3) is 3.96. The van der Waals surface area contributed by atoms with Crippen LogP contribution in [-0.4, -0.2) is 55.4 Å². The molecule has 0 atom stereocenters. The van der Waals surface area contributed by atoms with Crippen molar-refractivity contribution in [3.8, 4) is 0 Å². The number of pyridine rings is 1. The molecule has 1 aromatic rings. The zero-order valence-corrected chi connectivity index (χ0v) is 11.9. The summed E-state index contributed by atoms with van der Waals surface area (Å²) in [5.74, 6) is 0.808. The smallest absolute Gasteiger partial charge is 0.409 e. The first kappa shape index (κ1) is 14.8. The summed E-state index contributed by atoms with van der Waals surface area (Å²) in [6.07, 6.45) is 1.53. The second-order valence-electron chi connectivity index (χ2n) is 4.46. The molecule has 2 rings (SSSR count). The third-order valence-corrected chi connectivity index (χ3v) is 3.31. The lowest BCUT2D eigenvalue weighted by atomic mass is 10.3. The summed E-state index contributed by atoms with van der Waals surface area (Å²) in [5, 5.41) is 0.642. The molecule has 1 saturated heterocycles. The van der Waals surface area contributed by atoms with Gasteiger partial charge < -0.3 is 14.5 Å². The number of rotatable bonds is 4. The lowest BCUT2D eigenvalue weighted by Gasteiger charge is -2.34. The maximum atomic E-state index is 11.9. The summed E-state index contributed by atoms with van der Waals surface area (Å²) in [7, 11) is 0. The molecule has 1 aliphatic rings. The van der Waals surface area contributed by atoms with Crippen LogP contribution in [0.25, 0.3) is 0 Å². The Kier molecular flexibility index (Phi) is 5.40. The van der Waals surface area contributed by atoms with Gasteiger partial charge in [0, 0.05) is 43.8 Å². The molecule has 1 aromatic heterocycles. The Morgan fingerprint density at radius 3 is 2.80 bits per heavy atom. The minimum Gasteiger partial charge on any atom is -0.449 e. The second-order valence-corrected chi connectivity index (χ2v) is 4.90. The van der Waals surface area contributed by atoms with E-state index in [2.05, 4.69) is 9.88 Å². The van der Waals surface area contributed by atoms with Gasteiger partial charge in [-0.2, -0.15) is 0 Å². The van der Waals surface area contributed by atoms with E-state index in [1.807, 2.05) is 0 Å². The molecule has 2 heterocycles. The molecule has 0 unspecified atom stereocenters. The van der Waals surface area contributed by atoms with Crippen molar-refractivity contribution in [1.82, 2.24) is 9.88 Å². The number of piperazine rings is 1. The summed E-state index contributed by atoms with van der Waals surface area (Å²) in [4.78, 5) is 19.6. The summed E-state index contributed by atoms with van der Waals surface area (Å²) < 4.78 is 16.9. The number of amides is 1. The van der Waals surface area contributed by atoms with Crippen molar-refractivity contribution in [1.29, 1.82) is 0 Å². The van der Waals surface area contributed by atoms with Crippen LogP contribution in [0.15, 0.2) is 18.3 Å². The number of carbonyl (C=O) groups excluding carboxylic acids is 1. The van der Waals surface area contributed by atoms with Crippen molar-refractivity contribution in [3.05, 3.63) is 23.4 Å². The minimum atomic E-state index is -0.471. The van der Waals surface area contributed by atoms with Gasteiger partial charge in [0.15, 0.2) is 0 Å². The Balaban J connectivity index is 1.81. The Hall–Kier alpha value is -1.56.